The largest absolute Gasteiger partial charge is 0.322 e. The molecule has 6 nitrogen and oxygen atoms in total. The van der Waals surface area contributed by atoms with E-state index in [0.29, 0.717) is 17.8 Å². The van der Waals surface area contributed by atoms with Gasteiger partial charge in [-0.3, -0.25) is 14.6 Å². The van der Waals surface area contributed by atoms with Crippen molar-refractivity contribution in [2.24, 2.45) is 0 Å². The zero-order valence-electron chi connectivity index (χ0n) is 14.5. The van der Waals surface area contributed by atoms with Gasteiger partial charge in [0, 0.05) is 24.3 Å². The number of thiazole rings is 1. The van der Waals surface area contributed by atoms with E-state index < -0.39 is 5.91 Å². The Morgan fingerprint density at radius 2 is 2.15 bits per heavy atom. The summed E-state index contributed by atoms with van der Waals surface area (Å²) in [6.45, 7) is 2.12. The Morgan fingerprint density at radius 1 is 1.26 bits per heavy atom. The van der Waals surface area contributed by atoms with E-state index in [1.807, 2.05) is 24.3 Å². The van der Waals surface area contributed by atoms with Gasteiger partial charge in [0.05, 0.1) is 22.3 Å². The number of nitrogens with zero attached hydrogens (tertiary/aromatic N) is 3. The molecule has 0 aliphatic carbocycles. The first-order valence-corrected chi connectivity index (χ1v) is 9.23. The van der Waals surface area contributed by atoms with Crippen molar-refractivity contribution in [3.8, 4) is 0 Å². The predicted molar refractivity (Wildman–Crippen MR) is 106 cm³/mol. The second-order valence-corrected chi connectivity index (χ2v) is 7.04. The number of aromatic nitrogens is 3. The van der Waals surface area contributed by atoms with Crippen LogP contribution in [0.3, 0.4) is 0 Å². The molecule has 27 heavy (non-hydrogen) atoms. The van der Waals surface area contributed by atoms with Crippen LogP contribution in [0.5, 0.6) is 0 Å². The Morgan fingerprint density at radius 3 is 2.96 bits per heavy atom. The summed E-state index contributed by atoms with van der Waals surface area (Å²) in [7, 11) is 0. The Bertz CT molecular complexity index is 1180. The van der Waals surface area contributed by atoms with Crippen molar-refractivity contribution in [2.75, 3.05) is 5.32 Å². The minimum absolute atomic E-state index is 0.144. The highest BCUT2D eigenvalue weighted by molar-refractivity contribution is 7.16. The van der Waals surface area contributed by atoms with Crippen LogP contribution in [-0.4, -0.2) is 20.4 Å². The summed E-state index contributed by atoms with van der Waals surface area (Å²) < 4.78 is 2.50. The first-order valence-electron chi connectivity index (χ1n) is 8.35. The average Bonchev–Trinajstić information content (AvgIpc) is 3.13. The molecule has 7 heteroatoms. The molecule has 3 heterocycles. The molecule has 0 fully saturated rings. The van der Waals surface area contributed by atoms with Gasteiger partial charge < -0.3 is 9.88 Å². The molecule has 0 bridgehead atoms. The third-order valence-electron chi connectivity index (χ3n) is 4.27. The number of anilines is 1. The van der Waals surface area contributed by atoms with Crippen LogP contribution in [0.15, 0.2) is 65.3 Å². The van der Waals surface area contributed by atoms with E-state index in [4.69, 9.17) is 0 Å². The van der Waals surface area contributed by atoms with Gasteiger partial charge >= 0.3 is 0 Å². The highest BCUT2D eigenvalue weighted by Crippen LogP contribution is 2.22. The average molecular weight is 376 g/mol. The SMILES string of the molecule is Cc1ccn(Cc2cccnc2)c(=O)c1C(=O)Nc1ccc2ncsc2c1. The molecule has 1 aromatic carbocycles. The monoisotopic (exact) mass is 376 g/mol. The number of carbonyl (C=O) groups is 1. The zero-order valence-corrected chi connectivity index (χ0v) is 15.4. The van der Waals surface area contributed by atoms with Crippen molar-refractivity contribution >= 4 is 33.1 Å². The fourth-order valence-corrected chi connectivity index (χ4v) is 3.60. The van der Waals surface area contributed by atoms with Crippen molar-refractivity contribution in [1.29, 1.82) is 0 Å². The van der Waals surface area contributed by atoms with Gasteiger partial charge in [-0.05, 0) is 48.4 Å². The number of rotatable bonds is 4. The van der Waals surface area contributed by atoms with Gasteiger partial charge in [-0.15, -0.1) is 11.3 Å². The lowest BCUT2D eigenvalue weighted by atomic mass is 10.1. The van der Waals surface area contributed by atoms with Crippen LogP contribution in [0.2, 0.25) is 0 Å². The van der Waals surface area contributed by atoms with Crippen molar-refractivity contribution < 1.29 is 4.79 Å². The summed E-state index contributed by atoms with van der Waals surface area (Å²) >= 11 is 1.50. The van der Waals surface area contributed by atoms with E-state index in [0.717, 1.165) is 15.8 Å². The number of hydrogen-bond acceptors (Lipinski definition) is 5. The van der Waals surface area contributed by atoms with E-state index in [9.17, 15) is 9.59 Å². The lowest BCUT2D eigenvalue weighted by molar-refractivity contribution is 0.102. The van der Waals surface area contributed by atoms with Crippen LogP contribution >= 0.6 is 11.3 Å². The second kappa shape index (κ2) is 7.13. The zero-order chi connectivity index (χ0) is 18.8. The number of fused-ring (bicyclic) bond motifs is 1. The van der Waals surface area contributed by atoms with Gasteiger partial charge in [0.1, 0.15) is 5.56 Å². The minimum Gasteiger partial charge on any atom is -0.322 e. The van der Waals surface area contributed by atoms with E-state index in [1.165, 1.54) is 15.9 Å². The lowest BCUT2D eigenvalue weighted by Crippen LogP contribution is -2.30. The van der Waals surface area contributed by atoms with Gasteiger partial charge in [0.25, 0.3) is 11.5 Å². The van der Waals surface area contributed by atoms with Crippen LogP contribution < -0.4 is 10.9 Å². The molecule has 4 rings (SSSR count). The van der Waals surface area contributed by atoms with Crippen LogP contribution in [0.1, 0.15) is 21.5 Å². The molecule has 0 aliphatic rings. The quantitative estimate of drug-likeness (QED) is 0.592. The van der Waals surface area contributed by atoms with E-state index in [2.05, 4.69) is 15.3 Å². The molecule has 134 valence electrons. The first kappa shape index (κ1) is 17.1. The third kappa shape index (κ3) is 3.50. The van der Waals surface area contributed by atoms with Gasteiger partial charge in [0.2, 0.25) is 0 Å². The summed E-state index contributed by atoms with van der Waals surface area (Å²) in [6, 6.07) is 11.0. The minimum atomic E-state index is -0.415. The molecule has 1 N–H and O–H groups in total. The molecule has 0 saturated heterocycles. The summed E-state index contributed by atoms with van der Waals surface area (Å²) in [4.78, 5) is 33.9. The maximum Gasteiger partial charge on any atom is 0.263 e. The predicted octanol–water partition coefficient (Wildman–Crippen LogP) is 3.46. The van der Waals surface area contributed by atoms with Gasteiger partial charge in [-0.2, -0.15) is 0 Å². The van der Waals surface area contributed by atoms with Crippen molar-refractivity contribution in [1.82, 2.24) is 14.5 Å². The molecule has 3 aromatic heterocycles. The highest BCUT2D eigenvalue weighted by Gasteiger charge is 2.16. The molecule has 0 radical (unpaired) electrons. The summed E-state index contributed by atoms with van der Waals surface area (Å²) in [5, 5.41) is 2.83. The molecule has 1 amide bonds. The smallest absolute Gasteiger partial charge is 0.263 e. The van der Waals surface area contributed by atoms with Gasteiger partial charge in [0.15, 0.2) is 0 Å². The Balaban J connectivity index is 1.64. The lowest BCUT2D eigenvalue weighted by Gasteiger charge is -2.11. The molecule has 0 spiro atoms. The summed E-state index contributed by atoms with van der Waals surface area (Å²) in [5.74, 6) is -0.415. The maximum absolute atomic E-state index is 12.9. The summed E-state index contributed by atoms with van der Waals surface area (Å²) in [6.07, 6.45) is 5.08. The summed E-state index contributed by atoms with van der Waals surface area (Å²) in [5.41, 5.74) is 4.63. The first-order chi connectivity index (χ1) is 13.1. The molecule has 4 aromatic rings. The molecule has 0 aliphatic heterocycles. The number of pyridine rings is 2. The van der Waals surface area contributed by atoms with Gasteiger partial charge in [-0.1, -0.05) is 6.07 Å². The van der Waals surface area contributed by atoms with Crippen LogP contribution in [-0.2, 0) is 6.54 Å². The van der Waals surface area contributed by atoms with Crippen molar-refractivity contribution in [3.63, 3.8) is 0 Å². The van der Waals surface area contributed by atoms with Crippen LogP contribution in [0.25, 0.3) is 10.2 Å². The highest BCUT2D eigenvalue weighted by atomic mass is 32.1. The second-order valence-electron chi connectivity index (χ2n) is 6.16. The topological polar surface area (TPSA) is 76.9 Å². The molecule has 0 unspecified atom stereocenters. The fourth-order valence-electron chi connectivity index (χ4n) is 2.88. The van der Waals surface area contributed by atoms with Crippen molar-refractivity contribution in [3.05, 3.63) is 87.5 Å². The van der Waals surface area contributed by atoms with E-state index in [-0.39, 0.29) is 11.1 Å². The van der Waals surface area contributed by atoms with Crippen LogP contribution in [0, 0.1) is 6.92 Å². The number of carbonyl (C=O) groups excluding carboxylic acids is 1. The normalized spacial score (nSPS) is 10.9. The number of aryl methyl sites for hydroxylation is 1. The Kier molecular flexibility index (Phi) is 4.52. The molecule has 0 atom stereocenters. The number of hydrogen-bond donors (Lipinski definition) is 1. The van der Waals surface area contributed by atoms with E-state index in [1.54, 1.807) is 43.2 Å². The van der Waals surface area contributed by atoms with E-state index >= 15 is 0 Å². The molecular formula is C20H16N4O2S. The maximum atomic E-state index is 12.9. The Hall–Kier alpha value is -3.32. The molecular weight excluding hydrogens is 360 g/mol. The fraction of sp³-hybridized carbons (Fsp3) is 0.100. The van der Waals surface area contributed by atoms with Crippen LogP contribution in [0.4, 0.5) is 5.69 Å². The number of benzene rings is 1. The van der Waals surface area contributed by atoms with Gasteiger partial charge in [-0.25, -0.2) is 4.98 Å². The number of amides is 1. The standard InChI is InChI=1S/C20H16N4O2S/c1-13-6-8-24(11-14-3-2-7-21-10-14)20(26)18(13)19(25)23-15-4-5-16-17(9-15)27-12-22-16/h2-10,12H,11H2,1H3,(H,23,25). The number of nitrogens with one attached hydrogen (secondary N) is 1. The Labute approximate surface area is 159 Å². The molecule has 0 saturated carbocycles. The third-order valence-corrected chi connectivity index (χ3v) is 5.06. The van der Waals surface area contributed by atoms with Crippen molar-refractivity contribution in [2.45, 2.75) is 13.5 Å².